The molecule has 1 heterocycles. The lowest BCUT2D eigenvalue weighted by Gasteiger charge is -2.18. The highest BCUT2D eigenvalue weighted by atomic mass is 16.5. The molecule has 0 aliphatic carbocycles. The summed E-state index contributed by atoms with van der Waals surface area (Å²) in [5, 5.41) is 2.80. The zero-order valence-electron chi connectivity index (χ0n) is 7.09. The Morgan fingerprint density at radius 3 is 2.91 bits per heavy atom. The van der Waals surface area contributed by atoms with Gasteiger partial charge in [-0.05, 0) is 6.42 Å². The van der Waals surface area contributed by atoms with Crippen molar-refractivity contribution in [1.82, 2.24) is 5.32 Å². The van der Waals surface area contributed by atoms with Gasteiger partial charge in [0.15, 0.2) is 0 Å². The summed E-state index contributed by atoms with van der Waals surface area (Å²) in [7, 11) is 1.71. The Morgan fingerprint density at radius 1 is 1.82 bits per heavy atom. The van der Waals surface area contributed by atoms with E-state index in [-0.39, 0.29) is 12.0 Å². The van der Waals surface area contributed by atoms with E-state index in [0.29, 0.717) is 12.3 Å². The minimum Gasteiger partial charge on any atom is -0.381 e. The maximum Gasteiger partial charge on any atom is 0.220 e. The minimum absolute atomic E-state index is 0.158. The van der Waals surface area contributed by atoms with Crippen molar-refractivity contribution in [1.29, 1.82) is 0 Å². The molecule has 0 aromatic rings. The molecule has 1 saturated heterocycles. The molecule has 0 aromatic heterocycles. The van der Waals surface area contributed by atoms with Crippen molar-refractivity contribution in [2.45, 2.75) is 25.9 Å². The van der Waals surface area contributed by atoms with E-state index < -0.39 is 0 Å². The van der Waals surface area contributed by atoms with Crippen molar-refractivity contribution in [3.05, 3.63) is 0 Å². The number of ether oxygens (including phenoxy) is 1. The largest absolute Gasteiger partial charge is 0.381 e. The predicted molar refractivity (Wildman–Crippen MR) is 42.2 cm³/mol. The molecule has 0 radical (unpaired) electrons. The Balaban J connectivity index is 2.40. The fourth-order valence-corrected chi connectivity index (χ4v) is 1.58. The molecular formula is C8H15NO2. The first-order valence-corrected chi connectivity index (χ1v) is 4.07. The number of carbonyl (C=O) groups is 1. The van der Waals surface area contributed by atoms with Crippen molar-refractivity contribution in [2.24, 2.45) is 5.92 Å². The van der Waals surface area contributed by atoms with Gasteiger partial charge in [-0.15, -0.1) is 0 Å². The van der Waals surface area contributed by atoms with Gasteiger partial charge in [-0.2, -0.15) is 0 Å². The van der Waals surface area contributed by atoms with Crippen LogP contribution in [0.2, 0.25) is 0 Å². The molecule has 0 spiro atoms. The summed E-state index contributed by atoms with van der Waals surface area (Å²) < 4.78 is 5.24. The lowest BCUT2D eigenvalue weighted by atomic mass is 9.99. The summed E-state index contributed by atoms with van der Waals surface area (Å²) in [4.78, 5) is 10.8. The zero-order valence-corrected chi connectivity index (χ0v) is 7.09. The smallest absolute Gasteiger partial charge is 0.220 e. The SMILES string of the molecule is CC[C@@H](OC)[C@H]1CNC(=O)C1. The number of hydrogen-bond donors (Lipinski definition) is 1. The summed E-state index contributed by atoms with van der Waals surface area (Å²) in [6.07, 6.45) is 1.86. The molecule has 1 aliphatic heterocycles. The average molecular weight is 157 g/mol. The standard InChI is InChI=1S/C8H15NO2/c1-3-7(11-2)6-4-8(10)9-5-6/h6-7H,3-5H2,1-2H3,(H,9,10)/t6-,7-/m1/s1. The first-order chi connectivity index (χ1) is 5.27. The van der Waals surface area contributed by atoms with Crippen LogP contribution in [0.5, 0.6) is 0 Å². The van der Waals surface area contributed by atoms with Crippen molar-refractivity contribution in [2.75, 3.05) is 13.7 Å². The summed E-state index contributed by atoms with van der Waals surface area (Å²) in [6, 6.07) is 0. The fraction of sp³-hybridized carbons (Fsp3) is 0.875. The second-order valence-corrected chi connectivity index (χ2v) is 2.95. The molecule has 0 aromatic carbocycles. The van der Waals surface area contributed by atoms with Crippen LogP contribution in [0.15, 0.2) is 0 Å². The highest BCUT2D eigenvalue weighted by Crippen LogP contribution is 2.18. The van der Waals surface area contributed by atoms with Gasteiger partial charge in [-0.3, -0.25) is 4.79 Å². The monoisotopic (exact) mass is 157 g/mol. The van der Waals surface area contributed by atoms with E-state index in [1.54, 1.807) is 7.11 Å². The molecule has 1 aliphatic rings. The summed E-state index contributed by atoms with van der Waals surface area (Å²) in [5.74, 6) is 0.544. The number of hydrogen-bond acceptors (Lipinski definition) is 2. The highest BCUT2D eigenvalue weighted by molar-refractivity contribution is 5.78. The first-order valence-electron chi connectivity index (χ1n) is 4.07. The summed E-state index contributed by atoms with van der Waals surface area (Å²) in [5.41, 5.74) is 0. The Hall–Kier alpha value is -0.570. The fourth-order valence-electron chi connectivity index (χ4n) is 1.58. The first kappa shape index (κ1) is 8.53. The normalized spacial score (nSPS) is 26.7. The van der Waals surface area contributed by atoms with E-state index in [2.05, 4.69) is 12.2 Å². The lowest BCUT2D eigenvalue weighted by molar-refractivity contribution is -0.119. The molecule has 1 N–H and O–H groups in total. The Bertz CT molecular complexity index is 143. The van der Waals surface area contributed by atoms with Crippen LogP contribution >= 0.6 is 0 Å². The van der Waals surface area contributed by atoms with Crippen molar-refractivity contribution < 1.29 is 9.53 Å². The molecule has 64 valence electrons. The molecular weight excluding hydrogens is 142 g/mol. The van der Waals surface area contributed by atoms with Gasteiger partial charge in [0, 0.05) is 26.0 Å². The van der Waals surface area contributed by atoms with Crippen LogP contribution in [0.3, 0.4) is 0 Å². The molecule has 1 amide bonds. The summed E-state index contributed by atoms with van der Waals surface area (Å²) >= 11 is 0. The van der Waals surface area contributed by atoms with E-state index in [1.807, 2.05) is 0 Å². The topological polar surface area (TPSA) is 38.3 Å². The maximum atomic E-state index is 10.8. The second-order valence-electron chi connectivity index (χ2n) is 2.95. The van der Waals surface area contributed by atoms with Gasteiger partial charge < -0.3 is 10.1 Å². The van der Waals surface area contributed by atoms with Gasteiger partial charge in [-0.1, -0.05) is 6.92 Å². The van der Waals surface area contributed by atoms with Crippen LogP contribution in [0, 0.1) is 5.92 Å². The summed E-state index contributed by atoms with van der Waals surface area (Å²) in [6.45, 7) is 2.86. The molecule has 1 rings (SSSR count). The van der Waals surface area contributed by atoms with Crippen molar-refractivity contribution in [3.63, 3.8) is 0 Å². The second kappa shape index (κ2) is 3.72. The Morgan fingerprint density at radius 2 is 2.55 bits per heavy atom. The van der Waals surface area contributed by atoms with Crippen LogP contribution in [-0.2, 0) is 9.53 Å². The van der Waals surface area contributed by atoms with Crippen molar-refractivity contribution in [3.8, 4) is 0 Å². The van der Waals surface area contributed by atoms with E-state index in [4.69, 9.17) is 4.74 Å². The number of nitrogens with one attached hydrogen (secondary N) is 1. The molecule has 2 atom stereocenters. The molecule has 3 heteroatoms. The minimum atomic E-state index is 0.158. The zero-order chi connectivity index (χ0) is 8.27. The van der Waals surface area contributed by atoms with Gasteiger partial charge in [0.25, 0.3) is 0 Å². The van der Waals surface area contributed by atoms with E-state index in [9.17, 15) is 4.79 Å². The molecule has 11 heavy (non-hydrogen) atoms. The number of carbonyl (C=O) groups excluding carboxylic acids is 1. The van der Waals surface area contributed by atoms with Gasteiger partial charge in [0.05, 0.1) is 6.10 Å². The van der Waals surface area contributed by atoms with Crippen LogP contribution in [0.1, 0.15) is 19.8 Å². The lowest BCUT2D eigenvalue weighted by Crippen LogP contribution is -2.24. The molecule has 0 bridgehead atoms. The predicted octanol–water partition coefficient (Wildman–Crippen LogP) is 0.547. The Kier molecular flexibility index (Phi) is 2.88. The number of methoxy groups -OCH3 is 1. The number of rotatable bonds is 3. The third kappa shape index (κ3) is 1.93. The highest BCUT2D eigenvalue weighted by Gasteiger charge is 2.27. The molecule has 1 fully saturated rings. The van der Waals surface area contributed by atoms with Gasteiger partial charge in [-0.25, -0.2) is 0 Å². The van der Waals surface area contributed by atoms with E-state index in [0.717, 1.165) is 13.0 Å². The average Bonchev–Trinajstić information content (AvgIpc) is 2.39. The van der Waals surface area contributed by atoms with Crippen LogP contribution in [0.4, 0.5) is 0 Å². The third-order valence-corrected chi connectivity index (χ3v) is 2.24. The van der Waals surface area contributed by atoms with Gasteiger partial charge in [0.2, 0.25) is 5.91 Å². The quantitative estimate of drug-likeness (QED) is 0.649. The van der Waals surface area contributed by atoms with E-state index >= 15 is 0 Å². The molecule has 3 nitrogen and oxygen atoms in total. The van der Waals surface area contributed by atoms with Crippen LogP contribution < -0.4 is 5.32 Å². The van der Waals surface area contributed by atoms with E-state index in [1.165, 1.54) is 0 Å². The Labute approximate surface area is 67.1 Å². The van der Waals surface area contributed by atoms with Crippen LogP contribution in [0.25, 0.3) is 0 Å². The number of amides is 1. The van der Waals surface area contributed by atoms with Crippen LogP contribution in [-0.4, -0.2) is 25.7 Å². The van der Waals surface area contributed by atoms with Crippen molar-refractivity contribution >= 4 is 5.91 Å². The third-order valence-electron chi connectivity index (χ3n) is 2.24. The molecule has 0 saturated carbocycles. The molecule has 0 unspecified atom stereocenters. The maximum absolute atomic E-state index is 10.8. The van der Waals surface area contributed by atoms with Gasteiger partial charge >= 0.3 is 0 Å². The van der Waals surface area contributed by atoms with Gasteiger partial charge in [0.1, 0.15) is 0 Å².